The Morgan fingerprint density at radius 1 is 0.935 bits per heavy atom. The Labute approximate surface area is 185 Å². The van der Waals surface area contributed by atoms with Crippen molar-refractivity contribution in [2.45, 2.75) is 13.0 Å². The molecule has 7 heteroatoms. The predicted octanol–water partition coefficient (Wildman–Crippen LogP) is 1.79. The molecule has 1 amide bonds. The number of methoxy groups -OCH3 is 1. The molecule has 2 aliphatic heterocycles. The van der Waals surface area contributed by atoms with Crippen molar-refractivity contribution in [2.24, 2.45) is 0 Å². The summed E-state index contributed by atoms with van der Waals surface area (Å²) in [7, 11) is 1.72. The normalized spacial score (nSPS) is 18.9. The van der Waals surface area contributed by atoms with E-state index in [1.54, 1.807) is 13.4 Å². The zero-order chi connectivity index (χ0) is 21.5. The van der Waals surface area contributed by atoms with E-state index in [1.807, 2.05) is 29.4 Å². The van der Waals surface area contributed by atoms with Crippen LogP contribution in [0.25, 0.3) is 0 Å². The van der Waals surface area contributed by atoms with Crippen molar-refractivity contribution in [1.82, 2.24) is 19.6 Å². The van der Waals surface area contributed by atoms with E-state index in [9.17, 15) is 4.79 Å². The van der Waals surface area contributed by atoms with Crippen LogP contribution < -0.4 is 4.74 Å². The van der Waals surface area contributed by atoms with Crippen LogP contribution in [0.15, 0.2) is 47.3 Å². The lowest BCUT2D eigenvalue weighted by atomic mass is 10.1. The molecule has 2 saturated heterocycles. The first-order valence-corrected chi connectivity index (χ1v) is 11.3. The largest absolute Gasteiger partial charge is 0.496 e. The monoisotopic (exact) mass is 426 g/mol. The molecular formula is C24H34N4O3. The van der Waals surface area contributed by atoms with Crippen LogP contribution in [0.4, 0.5) is 0 Å². The number of carbonyl (C=O) groups is 1. The lowest BCUT2D eigenvalue weighted by Crippen LogP contribution is -2.53. The fourth-order valence-corrected chi connectivity index (χ4v) is 4.41. The van der Waals surface area contributed by atoms with Gasteiger partial charge in [0.05, 0.1) is 26.2 Å². The Hall–Kier alpha value is -2.35. The summed E-state index contributed by atoms with van der Waals surface area (Å²) in [4.78, 5) is 22.0. The number of para-hydroxylation sites is 1. The molecule has 2 aliphatic rings. The standard InChI is InChI=1S/C24H34N4O3/c1-30-23-5-3-2-4-22(23)18-26-13-15-28(16-14-26)24(29)19-27-11-9-25(10-12-27)8-6-21-7-17-31-20-21/h2-5,7,17,20H,6,8-16,18-19H2,1H3. The Bertz CT molecular complexity index is 810. The lowest BCUT2D eigenvalue weighted by molar-refractivity contribution is -0.134. The van der Waals surface area contributed by atoms with Crippen LogP contribution >= 0.6 is 0 Å². The Kier molecular flexibility index (Phi) is 7.61. The van der Waals surface area contributed by atoms with Gasteiger partial charge in [-0.3, -0.25) is 14.6 Å². The SMILES string of the molecule is COc1ccccc1CN1CCN(C(=O)CN2CCN(CCc3ccoc3)CC2)CC1. The minimum Gasteiger partial charge on any atom is -0.496 e. The summed E-state index contributed by atoms with van der Waals surface area (Å²) in [6.07, 6.45) is 4.58. The molecule has 0 bridgehead atoms. The van der Waals surface area contributed by atoms with Crippen molar-refractivity contribution in [2.75, 3.05) is 72.6 Å². The fourth-order valence-electron chi connectivity index (χ4n) is 4.41. The van der Waals surface area contributed by atoms with Gasteiger partial charge in [0, 0.05) is 71.0 Å². The molecule has 31 heavy (non-hydrogen) atoms. The number of piperazine rings is 2. The first-order chi connectivity index (χ1) is 15.2. The van der Waals surface area contributed by atoms with Crippen molar-refractivity contribution in [1.29, 1.82) is 0 Å². The van der Waals surface area contributed by atoms with Crippen LogP contribution in [-0.4, -0.2) is 98.1 Å². The highest BCUT2D eigenvalue weighted by molar-refractivity contribution is 5.78. The summed E-state index contributed by atoms with van der Waals surface area (Å²) in [5.74, 6) is 1.20. The summed E-state index contributed by atoms with van der Waals surface area (Å²) in [6.45, 7) is 9.87. The molecule has 0 atom stereocenters. The molecule has 1 aromatic carbocycles. The number of furan rings is 1. The third-order valence-electron chi connectivity index (χ3n) is 6.43. The zero-order valence-corrected chi connectivity index (χ0v) is 18.5. The lowest BCUT2D eigenvalue weighted by Gasteiger charge is -2.38. The maximum atomic E-state index is 12.8. The second-order valence-electron chi connectivity index (χ2n) is 8.47. The first kappa shape index (κ1) is 21.9. The van der Waals surface area contributed by atoms with Crippen LogP contribution in [0.2, 0.25) is 0 Å². The second-order valence-corrected chi connectivity index (χ2v) is 8.47. The van der Waals surface area contributed by atoms with E-state index < -0.39 is 0 Å². The maximum absolute atomic E-state index is 12.8. The number of hydrogen-bond acceptors (Lipinski definition) is 6. The Morgan fingerprint density at radius 3 is 2.35 bits per heavy atom. The highest BCUT2D eigenvalue weighted by Gasteiger charge is 2.25. The van der Waals surface area contributed by atoms with Gasteiger partial charge in [-0.1, -0.05) is 18.2 Å². The number of rotatable bonds is 8. The molecule has 0 radical (unpaired) electrons. The average Bonchev–Trinajstić information content (AvgIpc) is 3.33. The van der Waals surface area contributed by atoms with E-state index in [1.165, 1.54) is 11.1 Å². The van der Waals surface area contributed by atoms with Crippen molar-refractivity contribution in [3.05, 3.63) is 54.0 Å². The number of ether oxygens (including phenoxy) is 1. The summed E-state index contributed by atoms with van der Waals surface area (Å²) >= 11 is 0. The first-order valence-electron chi connectivity index (χ1n) is 11.3. The van der Waals surface area contributed by atoms with Crippen molar-refractivity contribution in [3.8, 4) is 5.75 Å². The molecule has 1 aromatic heterocycles. The van der Waals surface area contributed by atoms with Crippen LogP contribution in [0.5, 0.6) is 5.75 Å². The van der Waals surface area contributed by atoms with Crippen LogP contribution in [0.3, 0.4) is 0 Å². The topological polar surface area (TPSA) is 52.4 Å². The van der Waals surface area contributed by atoms with E-state index >= 15 is 0 Å². The minimum atomic E-state index is 0.267. The summed E-state index contributed by atoms with van der Waals surface area (Å²) in [5.41, 5.74) is 2.46. The van der Waals surface area contributed by atoms with Gasteiger partial charge in [-0.2, -0.15) is 0 Å². The van der Waals surface area contributed by atoms with Gasteiger partial charge >= 0.3 is 0 Å². The van der Waals surface area contributed by atoms with Gasteiger partial charge in [-0.25, -0.2) is 0 Å². The highest BCUT2D eigenvalue weighted by atomic mass is 16.5. The molecule has 3 heterocycles. The molecule has 2 fully saturated rings. The van der Waals surface area contributed by atoms with E-state index in [-0.39, 0.29) is 5.91 Å². The summed E-state index contributed by atoms with van der Waals surface area (Å²) in [5, 5.41) is 0. The number of amides is 1. The van der Waals surface area contributed by atoms with Gasteiger partial charge in [0.1, 0.15) is 5.75 Å². The van der Waals surface area contributed by atoms with E-state index in [0.29, 0.717) is 6.54 Å². The van der Waals surface area contributed by atoms with Crippen molar-refractivity contribution in [3.63, 3.8) is 0 Å². The van der Waals surface area contributed by atoms with Crippen molar-refractivity contribution < 1.29 is 13.9 Å². The average molecular weight is 427 g/mol. The molecule has 4 rings (SSSR count). The van der Waals surface area contributed by atoms with Gasteiger partial charge < -0.3 is 19.0 Å². The Morgan fingerprint density at radius 2 is 1.65 bits per heavy atom. The van der Waals surface area contributed by atoms with Crippen molar-refractivity contribution >= 4 is 5.91 Å². The fraction of sp³-hybridized carbons (Fsp3) is 0.542. The number of benzene rings is 1. The molecule has 0 spiro atoms. The number of carbonyl (C=O) groups excluding carboxylic acids is 1. The highest BCUT2D eigenvalue weighted by Crippen LogP contribution is 2.20. The third kappa shape index (κ3) is 6.09. The number of hydrogen-bond donors (Lipinski definition) is 0. The molecule has 7 nitrogen and oxygen atoms in total. The smallest absolute Gasteiger partial charge is 0.236 e. The quantitative estimate of drug-likeness (QED) is 0.642. The molecule has 0 aliphatic carbocycles. The molecule has 0 N–H and O–H groups in total. The number of nitrogens with zero attached hydrogens (tertiary/aromatic N) is 4. The third-order valence-corrected chi connectivity index (χ3v) is 6.43. The molecule has 2 aromatic rings. The van der Waals surface area contributed by atoms with E-state index in [4.69, 9.17) is 9.15 Å². The molecule has 168 valence electrons. The second kappa shape index (κ2) is 10.8. The van der Waals surface area contributed by atoms with Crippen LogP contribution in [0, 0.1) is 0 Å². The van der Waals surface area contributed by atoms with Crippen LogP contribution in [-0.2, 0) is 17.8 Å². The van der Waals surface area contributed by atoms with Gasteiger partial charge in [0.15, 0.2) is 0 Å². The zero-order valence-electron chi connectivity index (χ0n) is 18.5. The Balaban J connectivity index is 1.15. The van der Waals surface area contributed by atoms with Gasteiger partial charge in [0.25, 0.3) is 0 Å². The summed E-state index contributed by atoms with van der Waals surface area (Å²) < 4.78 is 10.6. The van der Waals surface area contributed by atoms with E-state index in [0.717, 1.165) is 77.6 Å². The minimum absolute atomic E-state index is 0.267. The maximum Gasteiger partial charge on any atom is 0.236 e. The van der Waals surface area contributed by atoms with E-state index in [2.05, 4.69) is 26.8 Å². The molecule has 0 saturated carbocycles. The summed E-state index contributed by atoms with van der Waals surface area (Å²) in [6, 6.07) is 10.2. The van der Waals surface area contributed by atoms with Crippen LogP contribution in [0.1, 0.15) is 11.1 Å². The van der Waals surface area contributed by atoms with Gasteiger partial charge in [0.2, 0.25) is 5.91 Å². The van der Waals surface area contributed by atoms with Gasteiger partial charge in [-0.05, 0) is 24.1 Å². The van der Waals surface area contributed by atoms with Gasteiger partial charge in [-0.15, -0.1) is 0 Å². The predicted molar refractivity (Wildman–Crippen MR) is 120 cm³/mol. The molecular weight excluding hydrogens is 392 g/mol. The molecule has 0 unspecified atom stereocenters.